The highest BCUT2D eigenvalue weighted by molar-refractivity contribution is 6.31. The molecule has 38 heavy (non-hydrogen) atoms. The Morgan fingerprint density at radius 3 is 2.92 bits per heavy atom. The van der Waals surface area contributed by atoms with E-state index in [-0.39, 0.29) is 29.4 Å². The molecular weight excluding hydrogens is 522 g/mol. The number of aromatic nitrogens is 2. The molecule has 0 unspecified atom stereocenters. The lowest BCUT2D eigenvalue weighted by atomic mass is 10.1. The maximum atomic E-state index is 13.9. The molecule has 2 N–H and O–H groups in total. The van der Waals surface area contributed by atoms with E-state index in [1.54, 1.807) is 6.07 Å². The molecule has 1 aromatic carbocycles. The molecule has 4 atom stereocenters. The molecule has 13 heteroatoms. The number of alkyl halides is 2. The number of hydrogen-bond donors (Lipinski definition) is 2. The van der Waals surface area contributed by atoms with Gasteiger partial charge in [0.15, 0.2) is 12.2 Å². The molecule has 4 heterocycles. The zero-order chi connectivity index (χ0) is 27.0. The first-order valence-corrected chi connectivity index (χ1v) is 12.6. The van der Waals surface area contributed by atoms with E-state index in [9.17, 15) is 13.6 Å². The van der Waals surface area contributed by atoms with Crippen LogP contribution in [0.3, 0.4) is 0 Å². The summed E-state index contributed by atoms with van der Waals surface area (Å²) in [4.78, 5) is 25.2. The molecule has 10 nitrogen and oxygen atoms in total. The fourth-order valence-electron chi connectivity index (χ4n) is 4.74. The summed E-state index contributed by atoms with van der Waals surface area (Å²) in [5, 5.41) is 6.08. The molecular formula is C25H29ClF2N6O4. The predicted octanol–water partition coefficient (Wildman–Crippen LogP) is 3.32. The summed E-state index contributed by atoms with van der Waals surface area (Å²) in [7, 11) is 2.09. The maximum Gasteiger partial charge on any atom is 0.299 e. The number of likely N-dealkylation sites (N-methyl/N-ethyl adjacent to an activating group) is 1. The normalized spacial score (nSPS) is 26.6. The molecule has 1 aromatic heterocycles. The maximum absolute atomic E-state index is 13.9. The molecule has 3 aliphatic heterocycles. The highest BCUT2D eigenvalue weighted by Crippen LogP contribution is 2.40. The average Bonchev–Trinajstić information content (AvgIpc) is 3.43. The zero-order valence-corrected chi connectivity index (χ0v) is 21.8. The van der Waals surface area contributed by atoms with Gasteiger partial charge in [-0.05, 0) is 38.2 Å². The minimum absolute atomic E-state index is 0.0143. The lowest BCUT2D eigenvalue weighted by Gasteiger charge is -2.39. The third-order valence-corrected chi connectivity index (χ3v) is 7.22. The van der Waals surface area contributed by atoms with Crippen molar-refractivity contribution in [1.82, 2.24) is 14.9 Å². The van der Waals surface area contributed by atoms with Crippen LogP contribution in [0.4, 0.5) is 31.8 Å². The van der Waals surface area contributed by atoms with E-state index in [0.717, 1.165) is 25.3 Å². The van der Waals surface area contributed by atoms with Crippen molar-refractivity contribution in [3.63, 3.8) is 0 Å². The molecule has 3 aliphatic rings. The largest absolute Gasteiger partial charge is 0.468 e. The van der Waals surface area contributed by atoms with E-state index >= 15 is 0 Å². The van der Waals surface area contributed by atoms with Crippen molar-refractivity contribution in [1.29, 1.82) is 0 Å². The summed E-state index contributed by atoms with van der Waals surface area (Å²) < 4.78 is 44.1. The van der Waals surface area contributed by atoms with Gasteiger partial charge in [0.25, 0.3) is 5.92 Å². The summed E-state index contributed by atoms with van der Waals surface area (Å²) in [6.45, 7) is 7.42. The third-order valence-electron chi connectivity index (χ3n) is 6.96. The molecule has 0 bridgehead atoms. The van der Waals surface area contributed by atoms with Crippen LogP contribution in [-0.2, 0) is 14.3 Å². The van der Waals surface area contributed by atoms with E-state index in [2.05, 4.69) is 51.0 Å². The van der Waals surface area contributed by atoms with Crippen LogP contribution in [0.2, 0.25) is 5.02 Å². The lowest BCUT2D eigenvalue weighted by molar-refractivity contribution is -0.111. The van der Waals surface area contributed by atoms with Crippen molar-refractivity contribution < 1.29 is 27.8 Å². The quantitative estimate of drug-likeness (QED) is 0.503. The highest BCUT2D eigenvalue weighted by atomic mass is 35.5. The van der Waals surface area contributed by atoms with Crippen LogP contribution >= 0.6 is 11.6 Å². The van der Waals surface area contributed by atoms with Gasteiger partial charge in [-0.15, -0.1) is 0 Å². The summed E-state index contributed by atoms with van der Waals surface area (Å²) in [5.74, 6) is -3.22. The topological polar surface area (TPSA) is 101 Å². The Morgan fingerprint density at radius 2 is 2.16 bits per heavy atom. The molecule has 0 saturated carbocycles. The second-order valence-electron chi connectivity index (χ2n) is 9.62. The first-order chi connectivity index (χ1) is 18.1. The molecule has 3 fully saturated rings. The SMILES string of the molecule is C=CC(=O)Nc1cc(Nc2ncc(Cl)c(O[C@H]3CO[C@@H]4[C@H]3OCC4(F)F)n2)ccc1N1CCN(C)[C@H](C)C1. The van der Waals surface area contributed by atoms with Gasteiger partial charge >= 0.3 is 0 Å². The number of ether oxygens (including phenoxy) is 3. The molecule has 1 amide bonds. The van der Waals surface area contributed by atoms with Crippen molar-refractivity contribution >= 4 is 40.5 Å². The lowest BCUT2D eigenvalue weighted by Crippen LogP contribution is -2.50. The Balaban J connectivity index is 1.34. The minimum atomic E-state index is -3.07. The number of halogens is 3. The molecule has 0 radical (unpaired) electrons. The van der Waals surface area contributed by atoms with Gasteiger partial charge in [-0.2, -0.15) is 4.98 Å². The van der Waals surface area contributed by atoms with Crippen molar-refractivity contribution in [3.05, 3.63) is 42.1 Å². The smallest absolute Gasteiger partial charge is 0.299 e. The number of piperazine rings is 1. The van der Waals surface area contributed by atoms with Gasteiger partial charge in [0.1, 0.15) is 17.7 Å². The van der Waals surface area contributed by atoms with Gasteiger partial charge in [-0.1, -0.05) is 18.2 Å². The molecule has 2 aromatic rings. The number of carbonyl (C=O) groups excluding carboxylic acids is 1. The van der Waals surface area contributed by atoms with Crippen LogP contribution in [-0.4, -0.2) is 90.9 Å². The molecule has 204 valence electrons. The number of hydrogen-bond acceptors (Lipinski definition) is 9. The summed E-state index contributed by atoms with van der Waals surface area (Å²) >= 11 is 6.23. The second kappa shape index (κ2) is 10.6. The van der Waals surface area contributed by atoms with Crippen molar-refractivity contribution in [2.45, 2.75) is 37.2 Å². The number of fused-ring (bicyclic) bond motifs is 1. The Kier molecular flexibility index (Phi) is 7.40. The number of carbonyl (C=O) groups is 1. The van der Waals surface area contributed by atoms with E-state index in [1.165, 1.54) is 12.3 Å². The van der Waals surface area contributed by atoms with E-state index in [1.807, 2.05) is 12.1 Å². The van der Waals surface area contributed by atoms with Crippen LogP contribution < -0.4 is 20.3 Å². The number of nitrogens with one attached hydrogen (secondary N) is 2. The molecule has 0 aliphatic carbocycles. The van der Waals surface area contributed by atoms with Crippen LogP contribution in [0.15, 0.2) is 37.1 Å². The van der Waals surface area contributed by atoms with E-state index in [0.29, 0.717) is 17.4 Å². The summed E-state index contributed by atoms with van der Waals surface area (Å²) in [5.41, 5.74) is 2.10. The van der Waals surface area contributed by atoms with Crippen LogP contribution in [0.25, 0.3) is 0 Å². The number of amides is 1. The standard InChI is InChI=1S/C25H29ClF2N6O4/c1-4-20(35)31-17-9-15(5-6-18(17)34-8-7-33(3)14(2)11-34)30-24-29-10-16(26)23(32-24)38-19-12-36-22-21(19)37-13-25(22,27)28/h4-6,9-10,14,19,21-22H,1,7-8,11-13H2,2-3H3,(H,31,35)(H,29,30,32)/t14-,19+,21+,22-/m1/s1. The van der Waals surface area contributed by atoms with Crippen LogP contribution in [0.5, 0.6) is 5.88 Å². The fourth-order valence-corrected chi connectivity index (χ4v) is 4.87. The Bertz CT molecular complexity index is 1220. The Morgan fingerprint density at radius 1 is 1.34 bits per heavy atom. The number of rotatable bonds is 7. The third kappa shape index (κ3) is 5.39. The second-order valence-corrected chi connectivity index (χ2v) is 10.0. The van der Waals surface area contributed by atoms with E-state index in [4.69, 9.17) is 25.8 Å². The molecule has 0 spiro atoms. The van der Waals surface area contributed by atoms with Gasteiger partial charge < -0.3 is 34.6 Å². The number of benzene rings is 1. The molecule has 3 saturated heterocycles. The summed E-state index contributed by atoms with van der Waals surface area (Å²) in [6, 6.07) is 5.90. The Hall–Kier alpha value is -3.06. The van der Waals surface area contributed by atoms with E-state index < -0.39 is 30.8 Å². The van der Waals surface area contributed by atoms with Crippen LogP contribution in [0, 0.1) is 0 Å². The van der Waals surface area contributed by atoms with Gasteiger partial charge in [0, 0.05) is 31.4 Å². The number of nitrogens with zero attached hydrogens (tertiary/aromatic N) is 4. The van der Waals surface area contributed by atoms with Gasteiger partial charge in [0.05, 0.1) is 24.2 Å². The monoisotopic (exact) mass is 550 g/mol. The first-order valence-electron chi connectivity index (χ1n) is 12.2. The van der Waals surface area contributed by atoms with Gasteiger partial charge in [0.2, 0.25) is 17.7 Å². The van der Waals surface area contributed by atoms with Crippen molar-refractivity contribution in [3.8, 4) is 5.88 Å². The zero-order valence-electron chi connectivity index (χ0n) is 21.0. The fraction of sp³-hybridized carbons (Fsp3) is 0.480. The van der Waals surface area contributed by atoms with Crippen molar-refractivity contribution in [2.24, 2.45) is 0 Å². The Labute approximate surface area is 223 Å². The highest BCUT2D eigenvalue weighted by Gasteiger charge is 2.59. The molecule has 5 rings (SSSR count). The predicted molar refractivity (Wildman–Crippen MR) is 139 cm³/mol. The average molecular weight is 551 g/mol. The van der Waals surface area contributed by atoms with Crippen LogP contribution in [0.1, 0.15) is 6.92 Å². The van der Waals surface area contributed by atoms with Gasteiger partial charge in [-0.25, -0.2) is 13.8 Å². The summed E-state index contributed by atoms with van der Waals surface area (Å²) in [6.07, 6.45) is -0.516. The minimum Gasteiger partial charge on any atom is -0.468 e. The first kappa shape index (κ1) is 26.5. The number of anilines is 4. The van der Waals surface area contributed by atoms with Crippen molar-refractivity contribution in [2.75, 3.05) is 55.4 Å². The van der Waals surface area contributed by atoms with Gasteiger partial charge in [-0.3, -0.25) is 4.79 Å².